The van der Waals surface area contributed by atoms with Crippen LogP contribution in [-0.4, -0.2) is 52.8 Å². The largest absolute Gasteiger partial charge is 0.407 e. The molecule has 0 aliphatic carbocycles. The van der Waals surface area contributed by atoms with Crippen molar-refractivity contribution in [2.24, 2.45) is 0 Å². The molecule has 6 heteroatoms. The number of ether oxygens (including phenoxy) is 2. The van der Waals surface area contributed by atoms with Gasteiger partial charge in [-0.3, -0.25) is 0 Å². The second-order valence-electron chi connectivity index (χ2n) is 2.87. The van der Waals surface area contributed by atoms with Crippen LogP contribution in [0, 0.1) is 0 Å². The van der Waals surface area contributed by atoms with Crippen LogP contribution in [0.3, 0.4) is 0 Å². The monoisotopic (exact) mass is 204 g/mol. The van der Waals surface area contributed by atoms with Crippen LogP contribution in [-0.2, 0) is 23.5 Å². The fraction of sp³-hybridized carbons (Fsp3) is 0.714. The second kappa shape index (κ2) is 4.61. The Balaban J connectivity index is 2.27. The normalized spacial score (nSPS) is 21.2. The summed E-state index contributed by atoms with van der Waals surface area (Å²) < 4.78 is 14.9. The molecule has 0 saturated carbocycles. The molecule has 1 fully saturated rings. The molecular formula is C7H12O5Si. The fourth-order valence-electron chi connectivity index (χ4n) is 0.765. The van der Waals surface area contributed by atoms with Gasteiger partial charge >= 0.3 is 8.32 Å². The maximum absolute atomic E-state index is 10.6. The summed E-state index contributed by atoms with van der Waals surface area (Å²) in [6, 6.07) is 0. The predicted octanol–water partition coefficient (Wildman–Crippen LogP) is -0.923. The van der Waals surface area contributed by atoms with Gasteiger partial charge in [0.1, 0.15) is 17.9 Å². The molecule has 74 valence electrons. The first-order chi connectivity index (χ1) is 6.26. The molecule has 1 saturated heterocycles. The zero-order chi connectivity index (χ0) is 9.73. The number of epoxide rings is 1. The van der Waals surface area contributed by atoms with E-state index in [1.54, 1.807) is 0 Å². The zero-order valence-electron chi connectivity index (χ0n) is 7.39. The van der Waals surface area contributed by atoms with Gasteiger partial charge in [-0.1, -0.05) is 0 Å². The van der Waals surface area contributed by atoms with Crippen LogP contribution in [0.4, 0.5) is 0 Å². The highest BCUT2D eigenvalue weighted by molar-refractivity contribution is 7.14. The molecule has 5 nitrogen and oxygen atoms in total. The Morgan fingerprint density at radius 1 is 1.54 bits per heavy atom. The van der Waals surface area contributed by atoms with Crippen molar-refractivity contribution in [3.63, 3.8) is 0 Å². The van der Waals surface area contributed by atoms with Crippen molar-refractivity contribution < 1.29 is 23.5 Å². The molecule has 13 heavy (non-hydrogen) atoms. The number of rotatable bonds is 7. The van der Waals surface area contributed by atoms with E-state index in [4.69, 9.17) is 13.9 Å². The molecule has 0 N–H and O–H groups in total. The van der Waals surface area contributed by atoms with Crippen LogP contribution in [0.1, 0.15) is 0 Å². The molecule has 0 radical (unpaired) electrons. The van der Waals surface area contributed by atoms with Gasteiger partial charge < -0.3 is 23.5 Å². The van der Waals surface area contributed by atoms with E-state index in [2.05, 4.69) is 0 Å². The Morgan fingerprint density at radius 3 is 2.54 bits per heavy atom. The second-order valence-corrected chi connectivity index (χ2v) is 5.94. The number of hydrogen-bond acceptors (Lipinski definition) is 5. The molecule has 0 aromatic rings. The summed E-state index contributed by atoms with van der Waals surface area (Å²) in [4.78, 5) is 21.1. The summed E-state index contributed by atoms with van der Waals surface area (Å²) in [7, 11) is -1.54. The smallest absolute Gasteiger partial charge is 0.351 e. The highest BCUT2D eigenvalue weighted by atomic mass is 28.4. The van der Waals surface area contributed by atoms with Crippen LogP contribution in [0.15, 0.2) is 0 Å². The van der Waals surface area contributed by atoms with Crippen LogP contribution in [0.2, 0.25) is 0 Å². The Bertz CT molecular complexity index is 183. The van der Waals surface area contributed by atoms with E-state index in [0.717, 1.165) is 0 Å². The lowest BCUT2D eigenvalue weighted by molar-refractivity contribution is 0.142. The third kappa shape index (κ3) is 3.00. The highest BCUT2D eigenvalue weighted by Gasteiger charge is 2.35. The van der Waals surface area contributed by atoms with Crippen molar-refractivity contribution in [2.45, 2.75) is 6.10 Å². The van der Waals surface area contributed by atoms with Crippen molar-refractivity contribution >= 4 is 20.1 Å². The molecule has 0 aromatic carbocycles. The summed E-state index contributed by atoms with van der Waals surface area (Å²) in [5.74, 6) is 1.15. The van der Waals surface area contributed by atoms with E-state index in [9.17, 15) is 9.59 Å². The van der Waals surface area contributed by atoms with Gasteiger partial charge in [-0.2, -0.15) is 0 Å². The van der Waals surface area contributed by atoms with Gasteiger partial charge in [-0.05, 0) is 0 Å². The topological polar surface area (TPSA) is 65.1 Å². The third-order valence-corrected chi connectivity index (χ3v) is 4.03. The summed E-state index contributed by atoms with van der Waals surface area (Å²) >= 11 is 0. The van der Waals surface area contributed by atoms with Crippen LogP contribution in [0.25, 0.3) is 0 Å². The zero-order valence-corrected chi connectivity index (χ0v) is 8.39. The summed E-state index contributed by atoms with van der Waals surface area (Å²) in [6.45, 7) is 1.13. The first kappa shape index (κ1) is 10.5. The quantitative estimate of drug-likeness (QED) is 0.305. The minimum Gasteiger partial charge on any atom is -0.407 e. The molecule has 0 spiro atoms. The Hall–Kier alpha value is -0.563. The van der Waals surface area contributed by atoms with Gasteiger partial charge in [0.15, 0.2) is 0 Å². The van der Waals surface area contributed by atoms with Crippen LogP contribution < -0.4 is 0 Å². The molecule has 1 heterocycles. The highest BCUT2D eigenvalue weighted by Crippen LogP contribution is 2.09. The van der Waals surface area contributed by atoms with E-state index >= 15 is 0 Å². The lowest BCUT2D eigenvalue weighted by Gasteiger charge is -2.15. The standard InChI is InChI=1S/C7H12O5Si/c1-10-13(4-8,5-9)6-11-2-7-3-12-7/h4-5,7H,2-3,6H2,1H3. The van der Waals surface area contributed by atoms with E-state index in [-0.39, 0.29) is 12.3 Å². The van der Waals surface area contributed by atoms with Gasteiger partial charge in [0, 0.05) is 7.11 Å². The van der Waals surface area contributed by atoms with Gasteiger partial charge in [0.05, 0.1) is 19.4 Å². The molecular weight excluding hydrogens is 192 g/mol. The minimum absolute atomic E-state index is 0.0797. The maximum atomic E-state index is 10.6. The first-order valence-electron chi connectivity index (χ1n) is 3.93. The Kier molecular flexibility index (Phi) is 3.73. The lowest BCUT2D eigenvalue weighted by Crippen LogP contribution is -2.48. The maximum Gasteiger partial charge on any atom is 0.351 e. The lowest BCUT2D eigenvalue weighted by atomic mass is 10.5. The van der Waals surface area contributed by atoms with Crippen molar-refractivity contribution in [2.75, 3.05) is 26.6 Å². The summed E-state index contributed by atoms with van der Waals surface area (Å²) in [5.41, 5.74) is 0. The van der Waals surface area contributed by atoms with E-state index < -0.39 is 8.32 Å². The number of carbonyl (C=O) groups is 2. The molecule has 1 aliphatic heterocycles. The third-order valence-electron chi connectivity index (χ3n) is 1.81. The Labute approximate surface area is 77.1 Å². The summed E-state index contributed by atoms with van der Waals surface area (Å²) in [6.07, 6.45) is 0.220. The van der Waals surface area contributed by atoms with Gasteiger partial charge in [0.25, 0.3) is 0 Å². The van der Waals surface area contributed by atoms with E-state index in [0.29, 0.717) is 25.0 Å². The van der Waals surface area contributed by atoms with Crippen LogP contribution in [0.5, 0.6) is 0 Å². The molecule has 1 rings (SSSR count). The molecule has 0 aromatic heterocycles. The van der Waals surface area contributed by atoms with Crippen molar-refractivity contribution in [3.05, 3.63) is 0 Å². The van der Waals surface area contributed by atoms with Gasteiger partial charge in [-0.25, -0.2) is 0 Å². The molecule has 0 amide bonds. The average Bonchev–Trinajstić information content (AvgIpc) is 2.97. The van der Waals surface area contributed by atoms with Crippen molar-refractivity contribution in [1.29, 1.82) is 0 Å². The van der Waals surface area contributed by atoms with E-state index in [1.807, 2.05) is 0 Å². The minimum atomic E-state index is -2.90. The molecule has 0 bridgehead atoms. The molecule has 1 aliphatic rings. The number of carbonyl (C=O) groups excluding carboxylic acids is 2. The predicted molar refractivity (Wildman–Crippen MR) is 46.8 cm³/mol. The van der Waals surface area contributed by atoms with Crippen molar-refractivity contribution in [3.8, 4) is 0 Å². The SMILES string of the molecule is CO[Si](C=O)(C=O)COCC1CO1. The van der Waals surface area contributed by atoms with Gasteiger partial charge in [0.2, 0.25) is 0 Å². The fourth-order valence-corrected chi connectivity index (χ4v) is 1.70. The van der Waals surface area contributed by atoms with Crippen molar-refractivity contribution in [1.82, 2.24) is 0 Å². The van der Waals surface area contributed by atoms with E-state index in [1.165, 1.54) is 7.11 Å². The first-order valence-corrected chi connectivity index (χ1v) is 6.20. The van der Waals surface area contributed by atoms with Gasteiger partial charge in [-0.15, -0.1) is 0 Å². The Morgan fingerprint density at radius 2 is 2.15 bits per heavy atom. The average molecular weight is 204 g/mol. The van der Waals surface area contributed by atoms with Crippen LogP contribution >= 0.6 is 0 Å². The summed E-state index contributed by atoms with van der Waals surface area (Å²) in [5, 5.41) is 0. The number of hydrogen-bond donors (Lipinski definition) is 0. The molecule has 1 unspecified atom stereocenters. The molecule has 1 atom stereocenters.